The largest absolute Gasteiger partial charge is 0.490 e. The number of rotatable bonds is 3. The summed E-state index contributed by atoms with van der Waals surface area (Å²) in [6, 6.07) is 17.1. The first kappa shape index (κ1) is 15.2. The molecule has 2 aromatic carbocycles. The smallest absolute Gasteiger partial charge is 0.119 e. The van der Waals surface area contributed by atoms with Crippen molar-refractivity contribution in [2.75, 3.05) is 13.1 Å². The van der Waals surface area contributed by atoms with E-state index in [4.69, 9.17) is 4.74 Å². The van der Waals surface area contributed by atoms with Crippen LogP contribution in [0.1, 0.15) is 18.5 Å². The number of fused-ring (bicyclic) bond motifs is 1. The van der Waals surface area contributed by atoms with Gasteiger partial charge in [-0.05, 0) is 73.6 Å². The van der Waals surface area contributed by atoms with Crippen molar-refractivity contribution in [1.29, 1.82) is 0 Å². The number of aromatic nitrogens is 1. The Bertz CT molecular complexity index is 836. The predicted molar refractivity (Wildman–Crippen MR) is 98.4 cm³/mol. The molecule has 122 valence electrons. The van der Waals surface area contributed by atoms with E-state index in [-0.39, 0.29) is 0 Å². The average Bonchev–Trinajstić information content (AvgIpc) is 2.62. The molecule has 0 aliphatic carbocycles. The summed E-state index contributed by atoms with van der Waals surface area (Å²) < 4.78 is 6.08. The molecule has 4 rings (SSSR count). The standard InChI is InChI=1S/C21H22N2O/c1-15-12-19-13-17(2-3-18(19)14-23-15)16-4-6-20(7-5-16)24-21-8-10-22-11-9-21/h2-7,12-14,21-22H,8-11H2,1H3. The minimum Gasteiger partial charge on any atom is -0.490 e. The van der Waals surface area contributed by atoms with Crippen molar-refractivity contribution < 1.29 is 4.74 Å². The maximum absolute atomic E-state index is 6.08. The molecule has 0 spiro atoms. The maximum Gasteiger partial charge on any atom is 0.119 e. The maximum atomic E-state index is 6.08. The molecule has 24 heavy (non-hydrogen) atoms. The van der Waals surface area contributed by atoms with Gasteiger partial charge in [0.2, 0.25) is 0 Å². The van der Waals surface area contributed by atoms with Gasteiger partial charge in [0.15, 0.2) is 0 Å². The lowest BCUT2D eigenvalue weighted by Crippen LogP contribution is -2.34. The second kappa shape index (κ2) is 6.62. The number of nitrogens with zero attached hydrogens (tertiary/aromatic N) is 1. The first-order valence-electron chi connectivity index (χ1n) is 8.62. The molecule has 0 radical (unpaired) electrons. The van der Waals surface area contributed by atoms with E-state index in [9.17, 15) is 0 Å². The molecule has 1 aliphatic heterocycles. The molecule has 0 unspecified atom stereocenters. The minimum atomic E-state index is 0.341. The molecule has 0 amide bonds. The normalized spacial score (nSPS) is 15.5. The van der Waals surface area contributed by atoms with Crippen LogP contribution in [0.5, 0.6) is 5.75 Å². The summed E-state index contributed by atoms with van der Waals surface area (Å²) in [5.41, 5.74) is 3.48. The third-order valence-corrected chi connectivity index (χ3v) is 4.64. The number of hydrogen-bond acceptors (Lipinski definition) is 3. The molecule has 2 heterocycles. The van der Waals surface area contributed by atoms with Crippen LogP contribution in [-0.4, -0.2) is 24.2 Å². The molecule has 3 heteroatoms. The second-order valence-corrected chi connectivity index (χ2v) is 6.48. The molecule has 0 bridgehead atoms. The number of aryl methyl sites for hydroxylation is 1. The topological polar surface area (TPSA) is 34.1 Å². The molecule has 1 fully saturated rings. The Hall–Kier alpha value is -2.39. The van der Waals surface area contributed by atoms with E-state index in [2.05, 4.69) is 58.8 Å². The summed E-state index contributed by atoms with van der Waals surface area (Å²) in [6.07, 6.45) is 4.44. The quantitative estimate of drug-likeness (QED) is 0.780. The summed E-state index contributed by atoms with van der Waals surface area (Å²) in [4.78, 5) is 4.36. The summed E-state index contributed by atoms with van der Waals surface area (Å²) in [7, 11) is 0. The highest BCUT2D eigenvalue weighted by atomic mass is 16.5. The number of ether oxygens (including phenoxy) is 1. The zero-order valence-electron chi connectivity index (χ0n) is 14.0. The van der Waals surface area contributed by atoms with Crippen LogP contribution in [0.25, 0.3) is 21.9 Å². The summed E-state index contributed by atoms with van der Waals surface area (Å²) in [6.45, 7) is 4.13. The highest BCUT2D eigenvalue weighted by molar-refractivity contribution is 5.87. The Morgan fingerprint density at radius 2 is 1.67 bits per heavy atom. The van der Waals surface area contributed by atoms with Gasteiger partial charge in [0.25, 0.3) is 0 Å². The van der Waals surface area contributed by atoms with Crippen LogP contribution in [0.4, 0.5) is 0 Å². The Kier molecular flexibility index (Phi) is 4.18. The summed E-state index contributed by atoms with van der Waals surface area (Å²) >= 11 is 0. The lowest BCUT2D eigenvalue weighted by Gasteiger charge is -2.23. The van der Waals surface area contributed by atoms with Crippen LogP contribution < -0.4 is 10.1 Å². The first-order chi connectivity index (χ1) is 11.8. The van der Waals surface area contributed by atoms with Gasteiger partial charge in [-0.3, -0.25) is 4.98 Å². The van der Waals surface area contributed by atoms with E-state index in [1.807, 2.05) is 13.1 Å². The number of nitrogens with one attached hydrogen (secondary N) is 1. The molecule has 3 aromatic rings. The van der Waals surface area contributed by atoms with E-state index in [0.29, 0.717) is 6.10 Å². The van der Waals surface area contributed by atoms with E-state index in [0.717, 1.165) is 37.4 Å². The summed E-state index contributed by atoms with van der Waals surface area (Å²) in [5.74, 6) is 0.964. The van der Waals surface area contributed by atoms with E-state index in [1.165, 1.54) is 21.9 Å². The van der Waals surface area contributed by atoms with Crippen LogP contribution in [-0.2, 0) is 0 Å². The van der Waals surface area contributed by atoms with E-state index in [1.54, 1.807) is 0 Å². The third-order valence-electron chi connectivity index (χ3n) is 4.64. The van der Waals surface area contributed by atoms with Gasteiger partial charge in [0.05, 0.1) is 0 Å². The lowest BCUT2D eigenvalue weighted by atomic mass is 10.0. The van der Waals surface area contributed by atoms with Gasteiger partial charge < -0.3 is 10.1 Å². The van der Waals surface area contributed by atoms with Gasteiger partial charge in [-0.2, -0.15) is 0 Å². The van der Waals surface area contributed by atoms with Crippen LogP contribution in [0.2, 0.25) is 0 Å². The molecule has 1 N–H and O–H groups in total. The highest BCUT2D eigenvalue weighted by Gasteiger charge is 2.14. The van der Waals surface area contributed by atoms with E-state index < -0.39 is 0 Å². The number of benzene rings is 2. The molecule has 3 nitrogen and oxygen atoms in total. The van der Waals surface area contributed by atoms with Gasteiger partial charge >= 0.3 is 0 Å². The second-order valence-electron chi connectivity index (χ2n) is 6.48. The van der Waals surface area contributed by atoms with Gasteiger partial charge in [-0.25, -0.2) is 0 Å². The molecule has 1 saturated heterocycles. The summed E-state index contributed by atoms with van der Waals surface area (Å²) in [5, 5.41) is 5.77. The van der Waals surface area contributed by atoms with Crippen LogP contribution in [0.3, 0.4) is 0 Å². The van der Waals surface area contributed by atoms with Crippen LogP contribution in [0, 0.1) is 6.92 Å². The Labute approximate surface area is 142 Å². The van der Waals surface area contributed by atoms with Crippen LogP contribution in [0.15, 0.2) is 54.7 Å². The van der Waals surface area contributed by atoms with Crippen molar-refractivity contribution in [3.8, 4) is 16.9 Å². The predicted octanol–water partition coefficient (Wildman–Crippen LogP) is 4.34. The van der Waals surface area contributed by atoms with Crippen molar-refractivity contribution in [1.82, 2.24) is 10.3 Å². The fourth-order valence-electron chi connectivity index (χ4n) is 3.26. The molecular weight excluding hydrogens is 296 g/mol. The van der Waals surface area contributed by atoms with Crippen LogP contribution >= 0.6 is 0 Å². The molecule has 0 saturated carbocycles. The van der Waals surface area contributed by atoms with Gasteiger partial charge in [0, 0.05) is 17.3 Å². The van der Waals surface area contributed by atoms with Crippen molar-refractivity contribution in [3.63, 3.8) is 0 Å². The average molecular weight is 318 g/mol. The number of hydrogen-bond donors (Lipinski definition) is 1. The molecule has 1 aliphatic rings. The third kappa shape index (κ3) is 3.26. The Balaban J connectivity index is 1.55. The monoisotopic (exact) mass is 318 g/mol. The highest BCUT2D eigenvalue weighted by Crippen LogP contribution is 2.27. The van der Waals surface area contributed by atoms with Gasteiger partial charge in [0.1, 0.15) is 11.9 Å². The van der Waals surface area contributed by atoms with Crippen molar-refractivity contribution in [2.45, 2.75) is 25.9 Å². The zero-order valence-corrected chi connectivity index (χ0v) is 14.0. The fourth-order valence-corrected chi connectivity index (χ4v) is 3.26. The van der Waals surface area contributed by atoms with Crippen molar-refractivity contribution in [3.05, 3.63) is 60.4 Å². The minimum absolute atomic E-state index is 0.341. The van der Waals surface area contributed by atoms with E-state index >= 15 is 0 Å². The van der Waals surface area contributed by atoms with Gasteiger partial charge in [-0.15, -0.1) is 0 Å². The Morgan fingerprint density at radius 1 is 0.917 bits per heavy atom. The SMILES string of the molecule is Cc1cc2cc(-c3ccc(OC4CCNCC4)cc3)ccc2cn1. The lowest BCUT2D eigenvalue weighted by molar-refractivity contribution is 0.162. The van der Waals surface area contributed by atoms with Crippen molar-refractivity contribution >= 4 is 10.8 Å². The first-order valence-corrected chi connectivity index (χ1v) is 8.62. The van der Waals surface area contributed by atoms with Crippen molar-refractivity contribution in [2.24, 2.45) is 0 Å². The molecular formula is C21H22N2O. The molecule has 1 aromatic heterocycles. The number of pyridine rings is 1. The molecule has 0 atom stereocenters. The fraction of sp³-hybridized carbons (Fsp3) is 0.286. The number of piperidine rings is 1. The Morgan fingerprint density at radius 3 is 2.46 bits per heavy atom. The zero-order chi connectivity index (χ0) is 16.4. The van der Waals surface area contributed by atoms with Gasteiger partial charge in [-0.1, -0.05) is 24.3 Å².